The maximum Gasteiger partial charge on any atom is 0.233 e. The summed E-state index contributed by atoms with van der Waals surface area (Å²) in [5.41, 5.74) is 1.62. The van der Waals surface area contributed by atoms with Crippen molar-refractivity contribution in [2.75, 3.05) is 13.1 Å². The van der Waals surface area contributed by atoms with Crippen LogP contribution in [0.25, 0.3) is 0 Å². The van der Waals surface area contributed by atoms with Crippen molar-refractivity contribution < 1.29 is 9.18 Å². The fourth-order valence-electron chi connectivity index (χ4n) is 2.41. The zero-order valence-corrected chi connectivity index (χ0v) is 13.4. The third-order valence-electron chi connectivity index (χ3n) is 3.62. The Labute approximate surface area is 139 Å². The first-order valence-electron chi connectivity index (χ1n) is 7.49. The molecule has 2 aromatic rings. The van der Waals surface area contributed by atoms with E-state index in [1.165, 1.54) is 17.8 Å². The van der Waals surface area contributed by atoms with Gasteiger partial charge in [0.25, 0.3) is 0 Å². The van der Waals surface area contributed by atoms with Gasteiger partial charge in [-0.25, -0.2) is 4.39 Å². The Morgan fingerprint density at radius 1 is 1.13 bits per heavy atom. The molecule has 0 unspecified atom stereocenters. The largest absolute Gasteiger partial charge is 0.289 e. The number of amidine groups is 1. The molecule has 1 amide bonds. The van der Waals surface area contributed by atoms with Gasteiger partial charge in [0.15, 0.2) is 5.17 Å². The van der Waals surface area contributed by atoms with Crippen molar-refractivity contribution in [1.29, 1.82) is 0 Å². The van der Waals surface area contributed by atoms with Crippen molar-refractivity contribution in [1.82, 2.24) is 4.90 Å². The summed E-state index contributed by atoms with van der Waals surface area (Å²) in [5, 5.41) is 0.689. The van der Waals surface area contributed by atoms with Gasteiger partial charge in [0.05, 0.1) is 13.0 Å². The maximum atomic E-state index is 13.7. The van der Waals surface area contributed by atoms with E-state index in [9.17, 15) is 9.18 Å². The minimum atomic E-state index is -0.222. The Morgan fingerprint density at radius 2 is 1.87 bits per heavy atom. The molecule has 0 aromatic heterocycles. The van der Waals surface area contributed by atoms with Gasteiger partial charge < -0.3 is 0 Å². The zero-order valence-electron chi connectivity index (χ0n) is 12.6. The van der Waals surface area contributed by atoms with Gasteiger partial charge in [0.1, 0.15) is 5.82 Å². The van der Waals surface area contributed by atoms with Crippen LogP contribution in [0.4, 0.5) is 4.39 Å². The maximum absolute atomic E-state index is 13.7. The monoisotopic (exact) mass is 328 g/mol. The van der Waals surface area contributed by atoms with Crippen LogP contribution in [0, 0.1) is 5.82 Å². The number of amides is 1. The van der Waals surface area contributed by atoms with E-state index >= 15 is 0 Å². The fourth-order valence-corrected chi connectivity index (χ4v) is 3.46. The summed E-state index contributed by atoms with van der Waals surface area (Å²) in [7, 11) is 0. The molecule has 0 aliphatic carbocycles. The standard InChI is InChI=1S/C18H17FN2OS/c19-16-9-5-4-8-15(16)13-23-18-20-10-11-21(18)17(22)12-14-6-2-1-3-7-14/h1-9H,10-13H2. The minimum Gasteiger partial charge on any atom is -0.289 e. The number of hydrogen-bond donors (Lipinski definition) is 0. The van der Waals surface area contributed by atoms with E-state index in [1.807, 2.05) is 36.4 Å². The Balaban J connectivity index is 1.61. The molecule has 0 saturated heterocycles. The number of thioether (sulfide) groups is 1. The van der Waals surface area contributed by atoms with Crippen LogP contribution in [-0.2, 0) is 17.0 Å². The van der Waals surface area contributed by atoms with Gasteiger partial charge >= 0.3 is 0 Å². The molecule has 0 spiro atoms. The highest BCUT2D eigenvalue weighted by Gasteiger charge is 2.24. The molecule has 0 atom stereocenters. The second-order valence-corrected chi connectivity index (χ2v) is 6.19. The van der Waals surface area contributed by atoms with Crippen molar-refractivity contribution in [3.63, 3.8) is 0 Å². The van der Waals surface area contributed by atoms with Gasteiger partial charge in [-0.05, 0) is 17.2 Å². The molecule has 118 valence electrons. The first-order valence-corrected chi connectivity index (χ1v) is 8.47. The van der Waals surface area contributed by atoms with Gasteiger partial charge in [0.2, 0.25) is 5.91 Å². The predicted octanol–water partition coefficient (Wildman–Crippen LogP) is 3.50. The van der Waals surface area contributed by atoms with Crippen LogP contribution < -0.4 is 0 Å². The molecule has 2 aromatic carbocycles. The summed E-state index contributed by atoms with van der Waals surface area (Å²) in [4.78, 5) is 18.6. The number of aliphatic imine (C=N–C) groups is 1. The van der Waals surface area contributed by atoms with Crippen molar-refractivity contribution >= 4 is 22.8 Å². The van der Waals surface area contributed by atoms with Crippen molar-refractivity contribution in [2.45, 2.75) is 12.2 Å². The molecule has 1 aliphatic rings. The number of carbonyl (C=O) groups excluding carboxylic acids is 1. The van der Waals surface area contributed by atoms with Crippen LogP contribution in [0.1, 0.15) is 11.1 Å². The molecule has 0 saturated carbocycles. The van der Waals surface area contributed by atoms with Crippen molar-refractivity contribution in [3.8, 4) is 0 Å². The van der Waals surface area contributed by atoms with Crippen LogP contribution in [0.3, 0.4) is 0 Å². The van der Waals surface area contributed by atoms with Gasteiger partial charge in [-0.3, -0.25) is 14.7 Å². The number of hydrogen-bond acceptors (Lipinski definition) is 3. The number of nitrogens with zero attached hydrogens (tertiary/aromatic N) is 2. The van der Waals surface area contributed by atoms with Gasteiger partial charge in [-0.2, -0.15) is 0 Å². The second kappa shape index (κ2) is 7.42. The molecule has 1 heterocycles. The summed E-state index contributed by atoms with van der Waals surface area (Å²) < 4.78 is 13.7. The van der Waals surface area contributed by atoms with E-state index in [2.05, 4.69) is 4.99 Å². The van der Waals surface area contributed by atoms with Gasteiger partial charge in [-0.15, -0.1) is 0 Å². The summed E-state index contributed by atoms with van der Waals surface area (Å²) in [6.45, 7) is 1.21. The van der Waals surface area contributed by atoms with E-state index in [1.54, 1.807) is 17.0 Å². The average molecular weight is 328 g/mol. The first kappa shape index (κ1) is 15.7. The minimum absolute atomic E-state index is 0.0356. The molecule has 3 nitrogen and oxygen atoms in total. The lowest BCUT2D eigenvalue weighted by atomic mass is 10.1. The SMILES string of the molecule is O=C(Cc1ccccc1)N1CCN=C1SCc1ccccc1F. The topological polar surface area (TPSA) is 32.7 Å². The Morgan fingerprint density at radius 3 is 2.65 bits per heavy atom. The molecule has 3 rings (SSSR count). The van der Waals surface area contributed by atoms with E-state index in [0.29, 0.717) is 36.0 Å². The number of carbonyl (C=O) groups is 1. The summed E-state index contributed by atoms with van der Waals surface area (Å²) in [5.74, 6) is 0.287. The zero-order chi connectivity index (χ0) is 16.1. The van der Waals surface area contributed by atoms with Crippen LogP contribution in [0.5, 0.6) is 0 Å². The van der Waals surface area contributed by atoms with Gasteiger partial charge in [0, 0.05) is 12.3 Å². The Bertz CT molecular complexity index is 718. The highest BCUT2D eigenvalue weighted by Crippen LogP contribution is 2.21. The van der Waals surface area contributed by atoms with E-state index < -0.39 is 0 Å². The molecule has 23 heavy (non-hydrogen) atoms. The summed E-state index contributed by atoms with van der Waals surface area (Å²) >= 11 is 1.41. The lowest BCUT2D eigenvalue weighted by Crippen LogP contribution is -2.34. The van der Waals surface area contributed by atoms with E-state index in [-0.39, 0.29) is 11.7 Å². The third kappa shape index (κ3) is 3.99. The number of halogens is 1. The molecular weight excluding hydrogens is 311 g/mol. The predicted molar refractivity (Wildman–Crippen MR) is 91.9 cm³/mol. The Hall–Kier alpha value is -2.14. The number of benzene rings is 2. The van der Waals surface area contributed by atoms with Crippen LogP contribution >= 0.6 is 11.8 Å². The molecular formula is C18H17FN2OS. The fraction of sp³-hybridized carbons (Fsp3) is 0.222. The van der Waals surface area contributed by atoms with Crippen LogP contribution in [0.2, 0.25) is 0 Å². The average Bonchev–Trinajstić information content (AvgIpc) is 3.04. The smallest absolute Gasteiger partial charge is 0.233 e. The molecule has 0 bridgehead atoms. The van der Waals surface area contributed by atoms with Crippen molar-refractivity contribution in [3.05, 3.63) is 71.5 Å². The van der Waals surface area contributed by atoms with Gasteiger partial charge in [-0.1, -0.05) is 60.3 Å². The quantitative estimate of drug-likeness (QED) is 0.860. The summed E-state index contributed by atoms with van der Waals surface area (Å²) in [6.07, 6.45) is 0.361. The molecule has 0 radical (unpaired) electrons. The third-order valence-corrected chi connectivity index (χ3v) is 4.68. The lowest BCUT2D eigenvalue weighted by Gasteiger charge is -2.18. The van der Waals surface area contributed by atoms with Crippen LogP contribution in [0.15, 0.2) is 59.6 Å². The van der Waals surface area contributed by atoms with Crippen LogP contribution in [-0.4, -0.2) is 29.1 Å². The Kier molecular flexibility index (Phi) is 5.08. The number of rotatable bonds is 4. The van der Waals surface area contributed by atoms with E-state index in [4.69, 9.17) is 0 Å². The first-order chi connectivity index (χ1) is 11.2. The van der Waals surface area contributed by atoms with E-state index in [0.717, 1.165) is 5.56 Å². The van der Waals surface area contributed by atoms with Crippen molar-refractivity contribution in [2.24, 2.45) is 4.99 Å². The molecule has 5 heteroatoms. The lowest BCUT2D eigenvalue weighted by molar-refractivity contribution is -0.126. The highest BCUT2D eigenvalue weighted by atomic mass is 32.2. The summed E-state index contributed by atoms with van der Waals surface area (Å²) in [6, 6.07) is 16.4. The highest BCUT2D eigenvalue weighted by molar-refractivity contribution is 8.13. The molecule has 0 fully saturated rings. The molecule has 1 aliphatic heterocycles. The normalized spacial score (nSPS) is 14.0. The second-order valence-electron chi connectivity index (χ2n) is 5.25. The molecule has 0 N–H and O–H groups in total.